The molecule has 0 aromatic heterocycles. The minimum absolute atomic E-state index is 0.0481. The molecule has 0 unspecified atom stereocenters. The standard InChI is InChI=1S/C7H6Cl6O2/c8-6(9,10)3-1-2-4-15-5(14)7(11,12)13/h1-2H,3-4H2. The molecule has 0 atom stereocenters. The Bertz CT molecular complexity index is 239. The number of alkyl halides is 6. The van der Waals surface area contributed by atoms with Crippen LogP contribution in [0.15, 0.2) is 12.2 Å². The second kappa shape index (κ2) is 6.63. The van der Waals surface area contributed by atoms with Crippen molar-refractivity contribution in [2.45, 2.75) is 14.0 Å². The topological polar surface area (TPSA) is 26.3 Å². The predicted molar refractivity (Wildman–Crippen MR) is 65.3 cm³/mol. The lowest BCUT2D eigenvalue weighted by Crippen LogP contribution is -2.21. The van der Waals surface area contributed by atoms with Crippen molar-refractivity contribution in [3.05, 3.63) is 12.2 Å². The summed E-state index contributed by atoms with van der Waals surface area (Å²) in [7, 11) is 0. The van der Waals surface area contributed by atoms with Gasteiger partial charge in [-0.3, -0.25) is 0 Å². The zero-order valence-electron chi connectivity index (χ0n) is 7.15. The lowest BCUT2D eigenvalue weighted by atomic mass is 10.4. The maximum atomic E-state index is 10.9. The van der Waals surface area contributed by atoms with E-state index in [1.807, 2.05) is 0 Å². The van der Waals surface area contributed by atoms with Crippen LogP contribution in [0.2, 0.25) is 0 Å². The van der Waals surface area contributed by atoms with E-state index in [1.54, 1.807) is 6.08 Å². The lowest BCUT2D eigenvalue weighted by Gasteiger charge is -2.09. The van der Waals surface area contributed by atoms with E-state index in [4.69, 9.17) is 69.6 Å². The van der Waals surface area contributed by atoms with Crippen LogP contribution in [-0.2, 0) is 9.53 Å². The van der Waals surface area contributed by atoms with Gasteiger partial charge in [0.05, 0.1) is 0 Å². The average molecular weight is 335 g/mol. The molecule has 0 aromatic carbocycles. The molecular weight excluding hydrogens is 329 g/mol. The maximum absolute atomic E-state index is 10.9. The molecule has 2 nitrogen and oxygen atoms in total. The first-order valence-corrected chi connectivity index (χ1v) is 5.85. The Morgan fingerprint density at radius 2 is 1.60 bits per heavy atom. The van der Waals surface area contributed by atoms with Crippen LogP contribution in [0, 0.1) is 0 Å². The summed E-state index contributed by atoms with van der Waals surface area (Å²) in [6.07, 6.45) is 3.22. The lowest BCUT2D eigenvalue weighted by molar-refractivity contribution is -0.141. The summed E-state index contributed by atoms with van der Waals surface area (Å²) in [6.45, 7) is -0.0481. The van der Waals surface area contributed by atoms with Crippen molar-refractivity contribution in [1.29, 1.82) is 0 Å². The highest BCUT2D eigenvalue weighted by Gasteiger charge is 2.32. The smallest absolute Gasteiger partial charge is 0.358 e. The van der Waals surface area contributed by atoms with Gasteiger partial charge in [-0.15, -0.1) is 0 Å². The SMILES string of the molecule is O=C(OCC=CCC(Cl)(Cl)Cl)C(Cl)(Cl)Cl. The van der Waals surface area contributed by atoms with Gasteiger partial charge in [-0.1, -0.05) is 81.8 Å². The predicted octanol–water partition coefficient (Wildman–Crippen LogP) is 4.22. The normalized spacial score (nSPS) is 13.2. The van der Waals surface area contributed by atoms with Crippen molar-refractivity contribution in [2.24, 2.45) is 0 Å². The van der Waals surface area contributed by atoms with E-state index in [0.29, 0.717) is 0 Å². The van der Waals surface area contributed by atoms with Crippen molar-refractivity contribution in [2.75, 3.05) is 6.61 Å². The van der Waals surface area contributed by atoms with Gasteiger partial charge in [-0.2, -0.15) is 0 Å². The zero-order chi connectivity index (χ0) is 12.1. The van der Waals surface area contributed by atoms with Gasteiger partial charge in [0.1, 0.15) is 6.61 Å². The highest BCUT2D eigenvalue weighted by atomic mass is 35.6. The summed E-state index contributed by atoms with van der Waals surface area (Å²) >= 11 is 32.1. The van der Waals surface area contributed by atoms with E-state index < -0.39 is 13.6 Å². The Hall–Kier alpha value is 0.950. The summed E-state index contributed by atoms with van der Waals surface area (Å²) < 4.78 is 1.14. The fourth-order valence-corrected chi connectivity index (χ4v) is 0.922. The van der Waals surface area contributed by atoms with Gasteiger partial charge in [0.2, 0.25) is 0 Å². The highest BCUT2D eigenvalue weighted by molar-refractivity contribution is 6.75. The van der Waals surface area contributed by atoms with E-state index in [2.05, 4.69) is 4.74 Å². The van der Waals surface area contributed by atoms with Gasteiger partial charge >= 0.3 is 5.97 Å². The molecule has 0 N–H and O–H groups in total. The van der Waals surface area contributed by atoms with Gasteiger partial charge in [0.15, 0.2) is 3.79 Å². The van der Waals surface area contributed by atoms with Crippen LogP contribution in [-0.4, -0.2) is 20.2 Å². The quantitative estimate of drug-likeness (QED) is 0.439. The van der Waals surface area contributed by atoms with E-state index in [-0.39, 0.29) is 13.0 Å². The van der Waals surface area contributed by atoms with Crippen molar-refractivity contribution >= 4 is 75.6 Å². The summed E-state index contributed by atoms with van der Waals surface area (Å²) in [5.41, 5.74) is 0. The number of hydrogen-bond acceptors (Lipinski definition) is 2. The van der Waals surface area contributed by atoms with Crippen LogP contribution in [0.1, 0.15) is 6.42 Å². The van der Waals surface area contributed by atoms with Crippen molar-refractivity contribution < 1.29 is 9.53 Å². The minimum atomic E-state index is -2.07. The first-order chi connectivity index (χ1) is 6.63. The van der Waals surface area contributed by atoms with E-state index >= 15 is 0 Å². The van der Waals surface area contributed by atoms with Crippen LogP contribution >= 0.6 is 69.6 Å². The molecule has 0 aliphatic rings. The van der Waals surface area contributed by atoms with Gasteiger partial charge < -0.3 is 4.74 Å². The number of allylic oxidation sites excluding steroid dienone is 1. The zero-order valence-corrected chi connectivity index (χ0v) is 11.7. The largest absolute Gasteiger partial charge is 0.458 e. The third kappa shape index (κ3) is 9.86. The van der Waals surface area contributed by atoms with E-state index in [9.17, 15) is 4.79 Å². The van der Waals surface area contributed by atoms with Crippen LogP contribution in [0.3, 0.4) is 0 Å². The molecule has 0 aromatic rings. The fraction of sp³-hybridized carbons (Fsp3) is 0.571. The Kier molecular flexibility index (Phi) is 7.05. The van der Waals surface area contributed by atoms with Crippen molar-refractivity contribution in [3.63, 3.8) is 0 Å². The van der Waals surface area contributed by atoms with Gasteiger partial charge in [-0.25, -0.2) is 4.79 Å². The van der Waals surface area contributed by atoms with Gasteiger partial charge in [-0.05, 0) is 0 Å². The number of rotatable bonds is 3. The molecule has 0 saturated carbocycles. The van der Waals surface area contributed by atoms with E-state index in [1.165, 1.54) is 6.08 Å². The number of halogens is 6. The summed E-state index contributed by atoms with van der Waals surface area (Å²) in [6, 6.07) is 0. The first-order valence-electron chi connectivity index (χ1n) is 3.58. The molecule has 0 bridgehead atoms. The summed E-state index contributed by atoms with van der Waals surface area (Å²) in [5, 5.41) is 0. The second-order valence-electron chi connectivity index (χ2n) is 2.39. The molecule has 15 heavy (non-hydrogen) atoms. The molecule has 0 saturated heterocycles. The Morgan fingerprint density at radius 3 is 2.00 bits per heavy atom. The number of carbonyl (C=O) groups is 1. The van der Waals surface area contributed by atoms with Crippen LogP contribution < -0.4 is 0 Å². The fourth-order valence-electron chi connectivity index (χ4n) is 0.491. The van der Waals surface area contributed by atoms with Crippen molar-refractivity contribution in [3.8, 4) is 0 Å². The van der Waals surface area contributed by atoms with Gasteiger partial charge in [0, 0.05) is 6.42 Å². The molecule has 88 valence electrons. The molecule has 0 amide bonds. The van der Waals surface area contributed by atoms with E-state index in [0.717, 1.165) is 0 Å². The molecule has 0 aliphatic heterocycles. The monoisotopic (exact) mass is 332 g/mol. The Labute approximate surface area is 117 Å². The molecule has 8 heteroatoms. The van der Waals surface area contributed by atoms with Crippen LogP contribution in [0.4, 0.5) is 0 Å². The van der Waals surface area contributed by atoms with Gasteiger partial charge in [0.25, 0.3) is 3.79 Å². The average Bonchev–Trinajstić information content (AvgIpc) is 1.99. The highest BCUT2D eigenvalue weighted by Crippen LogP contribution is 2.30. The molecule has 0 fully saturated rings. The number of carbonyl (C=O) groups excluding carboxylic acids is 1. The first kappa shape index (κ1) is 16.0. The molecular formula is C7H6Cl6O2. The minimum Gasteiger partial charge on any atom is -0.458 e. The Morgan fingerprint density at radius 1 is 1.07 bits per heavy atom. The molecule has 0 radical (unpaired) electrons. The molecule has 0 spiro atoms. The third-order valence-electron chi connectivity index (χ3n) is 1.06. The summed E-state index contributed by atoms with van der Waals surface area (Å²) in [4.78, 5) is 10.9. The molecule has 0 aliphatic carbocycles. The van der Waals surface area contributed by atoms with Crippen molar-refractivity contribution in [1.82, 2.24) is 0 Å². The second-order valence-corrected chi connectivity index (χ2v) is 7.18. The number of esters is 1. The summed E-state index contributed by atoms with van der Waals surface area (Å²) in [5.74, 6) is -0.953. The van der Waals surface area contributed by atoms with Crippen LogP contribution in [0.5, 0.6) is 0 Å². The van der Waals surface area contributed by atoms with Crippen LogP contribution in [0.25, 0.3) is 0 Å². The number of ether oxygens (including phenoxy) is 1. The third-order valence-corrected chi connectivity index (χ3v) is 1.98. The number of hydrogen-bond donors (Lipinski definition) is 0. The Balaban J connectivity index is 3.77. The molecule has 0 rings (SSSR count). The molecule has 0 heterocycles. The maximum Gasteiger partial charge on any atom is 0.358 e.